The summed E-state index contributed by atoms with van der Waals surface area (Å²) in [6, 6.07) is 15.0. The number of rotatable bonds is 6. The molecule has 1 amide bonds. The van der Waals surface area contributed by atoms with Crippen LogP contribution in [0.4, 0.5) is 5.69 Å². The van der Waals surface area contributed by atoms with Gasteiger partial charge in [0.1, 0.15) is 5.75 Å². The third kappa shape index (κ3) is 4.06. The lowest BCUT2D eigenvalue weighted by atomic mass is 10.2. The number of carbonyl (C=O) groups excluding carboxylic acids is 1. The summed E-state index contributed by atoms with van der Waals surface area (Å²) in [5, 5.41) is 12.0. The van der Waals surface area contributed by atoms with Crippen molar-refractivity contribution < 1.29 is 9.53 Å². The number of ether oxygens (including phenoxy) is 1. The molecule has 4 rings (SSSR count). The highest BCUT2D eigenvalue weighted by Crippen LogP contribution is 2.27. The van der Waals surface area contributed by atoms with Crippen LogP contribution in [-0.2, 0) is 7.05 Å². The van der Waals surface area contributed by atoms with Crippen molar-refractivity contribution in [3.63, 3.8) is 0 Å². The minimum Gasteiger partial charge on any atom is -0.497 e. The molecular formula is C21H20N6O2S. The topological polar surface area (TPSA) is 86.9 Å². The maximum atomic E-state index is 12.7. The molecule has 4 aromatic rings. The molecule has 2 heterocycles. The van der Waals surface area contributed by atoms with Crippen LogP contribution in [-0.4, -0.2) is 37.6 Å². The Morgan fingerprint density at radius 1 is 1.17 bits per heavy atom. The summed E-state index contributed by atoms with van der Waals surface area (Å²) in [7, 11) is 3.55. The standard InChI is InChI=1S/C21H20N6O2S/c1-14-19(24-25-27(14)16-5-4-6-17(13-16)29-3)20(28)23-15-7-9-18(10-8-15)30-21-22-11-12-26(21)2/h4-13H,1-3H3,(H,23,28). The van der Waals surface area contributed by atoms with Crippen molar-refractivity contribution >= 4 is 23.4 Å². The van der Waals surface area contributed by atoms with E-state index in [1.165, 1.54) is 0 Å². The molecule has 0 saturated heterocycles. The molecule has 2 aromatic carbocycles. The van der Waals surface area contributed by atoms with Gasteiger partial charge in [0.05, 0.1) is 18.5 Å². The second-order valence-electron chi connectivity index (χ2n) is 6.54. The molecule has 0 fully saturated rings. The molecule has 30 heavy (non-hydrogen) atoms. The largest absolute Gasteiger partial charge is 0.497 e. The summed E-state index contributed by atoms with van der Waals surface area (Å²) >= 11 is 1.55. The van der Waals surface area contributed by atoms with Crippen LogP contribution >= 0.6 is 11.8 Å². The predicted molar refractivity (Wildman–Crippen MR) is 114 cm³/mol. The number of nitrogens with one attached hydrogen (secondary N) is 1. The summed E-state index contributed by atoms with van der Waals surface area (Å²) in [5.41, 5.74) is 2.36. The fourth-order valence-electron chi connectivity index (χ4n) is 2.88. The average molecular weight is 420 g/mol. The molecule has 0 bridgehead atoms. The number of hydrogen-bond acceptors (Lipinski definition) is 6. The predicted octanol–water partition coefficient (Wildman–Crippen LogP) is 3.72. The Bertz CT molecular complexity index is 1180. The molecule has 0 spiro atoms. The molecule has 8 nitrogen and oxygen atoms in total. The number of carbonyl (C=O) groups is 1. The Balaban J connectivity index is 1.47. The van der Waals surface area contributed by atoms with E-state index in [4.69, 9.17) is 4.74 Å². The first kappa shape index (κ1) is 19.7. The molecule has 0 aliphatic heterocycles. The van der Waals surface area contributed by atoms with E-state index in [-0.39, 0.29) is 11.6 Å². The van der Waals surface area contributed by atoms with Crippen molar-refractivity contribution in [2.24, 2.45) is 7.05 Å². The average Bonchev–Trinajstić information content (AvgIpc) is 3.35. The third-order valence-corrected chi connectivity index (χ3v) is 5.59. The van der Waals surface area contributed by atoms with Crippen LogP contribution in [0, 0.1) is 6.92 Å². The Kier molecular flexibility index (Phi) is 5.53. The van der Waals surface area contributed by atoms with E-state index in [1.807, 2.05) is 66.3 Å². The number of methoxy groups -OCH3 is 1. The van der Waals surface area contributed by atoms with Gasteiger partial charge in [0.25, 0.3) is 5.91 Å². The van der Waals surface area contributed by atoms with Crippen molar-refractivity contribution in [1.29, 1.82) is 0 Å². The van der Waals surface area contributed by atoms with Crippen LogP contribution in [0.25, 0.3) is 5.69 Å². The Labute approximate surface area is 177 Å². The normalized spacial score (nSPS) is 10.8. The summed E-state index contributed by atoms with van der Waals surface area (Å²) in [5.74, 6) is 0.392. The van der Waals surface area contributed by atoms with E-state index in [1.54, 1.807) is 36.7 Å². The number of nitrogens with zero attached hydrogens (tertiary/aromatic N) is 5. The highest BCUT2D eigenvalue weighted by atomic mass is 32.2. The van der Waals surface area contributed by atoms with Gasteiger partial charge in [-0.3, -0.25) is 4.79 Å². The fourth-order valence-corrected chi connectivity index (χ4v) is 3.68. The Morgan fingerprint density at radius 3 is 2.67 bits per heavy atom. The van der Waals surface area contributed by atoms with Gasteiger partial charge in [0.15, 0.2) is 10.9 Å². The molecule has 152 valence electrons. The van der Waals surface area contributed by atoms with E-state index in [2.05, 4.69) is 20.6 Å². The summed E-state index contributed by atoms with van der Waals surface area (Å²) < 4.78 is 8.82. The highest BCUT2D eigenvalue weighted by molar-refractivity contribution is 7.99. The lowest BCUT2D eigenvalue weighted by Gasteiger charge is -2.07. The monoisotopic (exact) mass is 420 g/mol. The van der Waals surface area contributed by atoms with Crippen LogP contribution in [0.15, 0.2) is 71.0 Å². The maximum absolute atomic E-state index is 12.7. The van der Waals surface area contributed by atoms with Crippen molar-refractivity contribution in [1.82, 2.24) is 24.5 Å². The Morgan fingerprint density at radius 2 is 1.97 bits per heavy atom. The van der Waals surface area contributed by atoms with Gasteiger partial charge in [-0.2, -0.15) is 0 Å². The lowest BCUT2D eigenvalue weighted by molar-refractivity contribution is 0.102. The number of amides is 1. The smallest absolute Gasteiger partial charge is 0.278 e. The van der Waals surface area contributed by atoms with Gasteiger partial charge < -0.3 is 14.6 Å². The number of benzene rings is 2. The summed E-state index contributed by atoms with van der Waals surface area (Å²) in [6.45, 7) is 1.81. The maximum Gasteiger partial charge on any atom is 0.278 e. The van der Waals surface area contributed by atoms with Crippen LogP contribution in [0.3, 0.4) is 0 Å². The molecule has 2 aromatic heterocycles. The van der Waals surface area contributed by atoms with E-state index >= 15 is 0 Å². The first-order valence-corrected chi connectivity index (χ1v) is 10.00. The Hall–Kier alpha value is -3.59. The second-order valence-corrected chi connectivity index (χ2v) is 7.58. The second kappa shape index (κ2) is 8.42. The van der Waals surface area contributed by atoms with E-state index in [0.29, 0.717) is 17.1 Å². The van der Waals surface area contributed by atoms with Crippen LogP contribution in [0.5, 0.6) is 5.75 Å². The van der Waals surface area contributed by atoms with Gasteiger partial charge in [-0.1, -0.05) is 23.0 Å². The first-order chi connectivity index (χ1) is 14.5. The zero-order valence-corrected chi connectivity index (χ0v) is 17.6. The zero-order valence-electron chi connectivity index (χ0n) is 16.7. The third-order valence-electron chi connectivity index (χ3n) is 4.51. The zero-order chi connectivity index (χ0) is 21.1. The molecule has 1 N–H and O–H groups in total. The summed E-state index contributed by atoms with van der Waals surface area (Å²) in [4.78, 5) is 18.0. The molecular weight excluding hydrogens is 400 g/mol. The van der Waals surface area contributed by atoms with Gasteiger partial charge >= 0.3 is 0 Å². The van der Waals surface area contributed by atoms with Gasteiger partial charge in [0.2, 0.25) is 0 Å². The van der Waals surface area contributed by atoms with Crippen molar-refractivity contribution in [2.45, 2.75) is 17.0 Å². The van der Waals surface area contributed by atoms with Gasteiger partial charge in [-0.25, -0.2) is 9.67 Å². The van der Waals surface area contributed by atoms with E-state index in [0.717, 1.165) is 15.7 Å². The van der Waals surface area contributed by atoms with Crippen molar-refractivity contribution in [3.05, 3.63) is 72.3 Å². The molecule has 0 radical (unpaired) electrons. The molecule has 0 unspecified atom stereocenters. The molecule has 9 heteroatoms. The number of aryl methyl sites for hydroxylation is 1. The minimum absolute atomic E-state index is 0.268. The number of anilines is 1. The number of aromatic nitrogens is 5. The van der Waals surface area contributed by atoms with Crippen LogP contribution < -0.4 is 10.1 Å². The molecule has 0 saturated carbocycles. The van der Waals surface area contributed by atoms with E-state index < -0.39 is 0 Å². The lowest BCUT2D eigenvalue weighted by Crippen LogP contribution is -2.14. The minimum atomic E-state index is -0.314. The summed E-state index contributed by atoms with van der Waals surface area (Å²) in [6.07, 6.45) is 3.66. The van der Waals surface area contributed by atoms with Crippen molar-refractivity contribution in [2.75, 3.05) is 12.4 Å². The van der Waals surface area contributed by atoms with Gasteiger partial charge in [0, 0.05) is 36.1 Å². The number of imidazole rings is 1. The van der Waals surface area contributed by atoms with Crippen LogP contribution in [0.1, 0.15) is 16.2 Å². The first-order valence-electron chi connectivity index (χ1n) is 9.18. The van der Waals surface area contributed by atoms with Gasteiger partial charge in [-0.05, 0) is 43.3 Å². The number of hydrogen-bond donors (Lipinski definition) is 1. The molecule has 0 atom stereocenters. The van der Waals surface area contributed by atoms with Gasteiger partial charge in [-0.15, -0.1) is 5.10 Å². The van der Waals surface area contributed by atoms with E-state index in [9.17, 15) is 4.79 Å². The highest BCUT2D eigenvalue weighted by Gasteiger charge is 2.18. The molecule has 0 aliphatic rings. The quantitative estimate of drug-likeness (QED) is 0.512. The fraction of sp³-hybridized carbons (Fsp3) is 0.143. The SMILES string of the molecule is COc1cccc(-n2nnc(C(=O)Nc3ccc(Sc4nccn4C)cc3)c2C)c1. The molecule has 0 aliphatic carbocycles. The van der Waals surface area contributed by atoms with Crippen LogP contribution in [0.2, 0.25) is 0 Å². The van der Waals surface area contributed by atoms with Crippen molar-refractivity contribution in [3.8, 4) is 11.4 Å².